The average Bonchev–Trinajstić information content (AvgIpc) is 3.20. The molecule has 0 saturated heterocycles. The highest BCUT2D eigenvalue weighted by Crippen LogP contribution is 2.40. The number of allylic oxidation sites excluding steroid dienone is 4. The van der Waals surface area contributed by atoms with Crippen molar-refractivity contribution < 1.29 is 27.6 Å². The molecule has 3 rings (SSSR count). The van der Waals surface area contributed by atoms with Crippen LogP contribution in [0.3, 0.4) is 0 Å². The Morgan fingerprint density at radius 2 is 1.82 bits per heavy atom. The van der Waals surface area contributed by atoms with E-state index in [1.165, 1.54) is 27.5 Å². The summed E-state index contributed by atoms with van der Waals surface area (Å²) in [6, 6.07) is 6.95. The van der Waals surface area contributed by atoms with E-state index in [1.807, 2.05) is 25.1 Å². The van der Waals surface area contributed by atoms with Gasteiger partial charge in [-0.3, -0.25) is 9.48 Å². The van der Waals surface area contributed by atoms with Crippen molar-refractivity contribution in [2.75, 3.05) is 19.5 Å². The smallest absolute Gasteiger partial charge is 0.399 e. The Balaban J connectivity index is 1.99. The number of halogens is 3. The van der Waals surface area contributed by atoms with Crippen molar-refractivity contribution >= 4 is 24.0 Å². The number of carbonyl (C=O) groups excluding carboxylic acids is 1. The molecule has 1 amide bonds. The third kappa shape index (κ3) is 5.36. The molecule has 0 bridgehead atoms. The van der Waals surface area contributed by atoms with E-state index in [4.69, 9.17) is 9.68 Å². The number of hydrogen-bond donors (Lipinski definition) is 1. The van der Waals surface area contributed by atoms with Crippen LogP contribution >= 0.6 is 0 Å². The third-order valence-electron chi connectivity index (χ3n) is 5.28. The zero-order valence-electron chi connectivity index (χ0n) is 19.1. The molecule has 1 unspecified atom stereocenters. The van der Waals surface area contributed by atoms with E-state index in [1.54, 1.807) is 24.4 Å². The molecule has 0 spiro atoms. The monoisotopic (exact) mass is 475 g/mol. The molecule has 1 aliphatic rings. The first-order valence-corrected chi connectivity index (χ1v) is 10.2. The summed E-state index contributed by atoms with van der Waals surface area (Å²) in [4.78, 5) is 22.4. The van der Waals surface area contributed by atoms with E-state index in [0.29, 0.717) is 23.2 Å². The largest absolute Gasteiger partial charge is 0.435 e. The Bertz CT molecular complexity index is 1180. The number of carbonyl (C=O) groups is 1. The molecule has 0 saturated carbocycles. The normalized spacial score (nSPS) is 18.7. The summed E-state index contributed by atoms with van der Waals surface area (Å²) in [6.07, 6.45) is 3.75. The number of nitrogens with one attached hydrogen (secondary N) is 1. The third-order valence-corrected chi connectivity index (χ3v) is 5.28. The summed E-state index contributed by atoms with van der Waals surface area (Å²) >= 11 is 0. The topological polar surface area (TPSA) is 90.1 Å². The van der Waals surface area contributed by atoms with Gasteiger partial charge in [0.25, 0.3) is 5.91 Å². The minimum absolute atomic E-state index is 0.383. The van der Waals surface area contributed by atoms with Crippen molar-refractivity contribution in [2.24, 2.45) is 17.4 Å². The number of rotatable bonds is 7. The highest BCUT2D eigenvalue weighted by atomic mass is 19.4. The lowest BCUT2D eigenvalue weighted by Gasteiger charge is -2.32. The zero-order valence-corrected chi connectivity index (χ0v) is 19.1. The molecule has 1 atom stereocenters. The number of oxime groups is 2. The molecular formula is C23H24F3N5O3. The molecule has 11 heteroatoms. The molecule has 1 heterocycles. The number of alkyl halides is 3. The van der Waals surface area contributed by atoms with Gasteiger partial charge in [0, 0.05) is 35.5 Å². The van der Waals surface area contributed by atoms with Crippen molar-refractivity contribution in [3.05, 3.63) is 70.6 Å². The summed E-state index contributed by atoms with van der Waals surface area (Å²) < 4.78 is 41.0. The predicted molar refractivity (Wildman–Crippen MR) is 122 cm³/mol. The molecule has 0 radical (unpaired) electrons. The fourth-order valence-corrected chi connectivity index (χ4v) is 3.71. The number of hydrogen-bond acceptors (Lipinski definition) is 6. The number of aryl methyl sites for hydroxylation is 1. The lowest BCUT2D eigenvalue weighted by molar-refractivity contribution is -0.141. The molecule has 0 fully saturated rings. The minimum atomic E-state index is -4.76. The molecule has 1 aliphatic carbocycles. The first-order chi connectivity index (χ1) is 16.1. The van der Waals surface area contributed by atoms with Gasteiger partial charge < -0.3 is 15.0 Å². The van der Waals surface area contributed by atoms with Gasteiger partial charge in [0.15, 0.2) is 5.69 Å². The lowest BCUT2D eigenvalue weighted by atomic mass is 9.73. The quantitative estimate of drug-likeness (QED) is 0.473. The standard InChI is InChI=1S/C23H24F3N5O3/c1-22(10-9-15(12-27-33-3)16(11-22)13-28-34-4)18-7-5-6-8-19(18)29-21(32)17-14-31(2)30-20(17)23(24,25)26/h5-9,11-14H,10H2,1-4H3,(H,29,32)/b27-12+,28-13-. The van der Waals surface area contributed by atoms with Gasteiger partial charge in [-0.05, 0) is 18.1 Å². The van der Waals surface area contributed by atoms with Gasteiger partial charge in [-0.1, -0.05) is 47.6 Å². The van der Waals surface area contributed by atoms with E-state index in [2.05, 4.69) is 20.7 Å². The number of anilines is 1. The summed E-state index contributed by atoms with van der Waals surface area (Å²) in [7, 11) is 4.18. The van der Waals surface area contributed by atoms with Gasteiger partial charge in [0.1, 0.15) is 14.2 Å². The lowest BCUT2D eigenvalue weighted by Crippen LogP contribution is -2.26. The predicted octanol–water partition coefficient (Wildman–Crippen LogP) is 4.47. The van der Waals surface area contributed by atoms with Crippen LogP contribution in [0.5, 0.6) is 0 Å². The van der Waals surface area contributed by atoms with Gasteiger partial charge in [0.05, 0.1) is 18.0 Å². The van der Waals surface area contributed by atoms with Crippen LogP contribution in [0.2, 0.25) is 0 Å². The van der Waals surface area contributed by atoms with Crippen LogP contribution in [-0.2, 0) is 28.3 Å². The first kappa shape index (κ1) is 24.7. The van der Waals surface area contributed by atoms with Crippen LogP contribution in [0.1, 0.15) is 35.0 Å². The Labute approximate surface area is 194 Å². The van der Waals surface area contributed by atoms with Crippen LogP contribution < -0.4 is 5.32 Å². The van der Waals surface area contributed by atoms with E-state index in [0.717, 1.165) is 16.5 Å². The molecule has 1 aromatic heterocycles. The summed E-state index contributed by atoms with van der Waals surface area (Å²) in [6.45, 7) is 1.95. The Morgan fingerprint density at radius 3 is 2.47 bits per heavy atom. The van der Waals surface area contributed by atoms with Gasteiger partial charge in [-0.2, -0.15) is 18.3 Å². The number of aromatic nitrogens is 2. The zero-order chi connectivity index (χ0) is 24.9. The average molecular weight is 475 g/mol. The fraction of sp³-hybridized carbons (Fsp3) is 0.304. The van der Waals surface area contributed by atoms with Gasteiger partial charge in [-0.15, -0.1) is 0 Å². The maximum atomic E-state index is 13.3. The molecule has 1 N–H and O–H groups in total. The number of nitrogens with zero attached hydrogens (tertiary/aromatic N) is 4. The van der Waals surface area contributed by atoms with Crippen molar-refractivity contribution in [1.29, 1.82) is 0 Å². The minimum Gasteiger partial charge on any atom is -0.399 e. The SMILES string of the molecule is CO/N=C\C1=CC(C)(c2ccccc2NC(=O)c2cn(C)nc2C(F)(F)F)CC=C1/C=N/OC. The molecule has 8 nitrogen and oxygen atoms in total. The van der Waals surface area contributed by atoms with Gasteiger partial charge in [0.2, 0.25) is 0 Å². The van der Waals surface area contributed by atoms with E-state index in [-0.39, 0.29) is 0 Å². The Hall–Kier alpha value is -3.89. The second kappa shape index (κ2) is 9.94. The Morgan fingerprint density at radius 1 is 1.18 bits per heavy atom. The molecule has 1 aromatic carbocycles. The van der Waals surface area contributed by atoms with Crippen molar-refractivity contribution in [1.82, 2.24) is 9.78 Å². The van der Waals surface area contributed by atoms with E-state index < -0.39 is 28.8 Å². The number of para-hydroxylation sites is 1. The Kier molecular flexibility index (Phi) is 7.23. The second-order valence-corrected chi connectivity index (χ2v) is 7.78. The summed E-state index contributed by atoms with van der Waals surface area (Å²) in [5.41, 5.74) is 0.134. The van der Waals surface area contributed by atoms with Gasteiger partial charge >= 0.3 is 6.18 Å². The molecular weight excluding hydrogens is 451 g/mol. The van der Waals surface area contributed by atoms with Crippen molar-refractivity contribution in [3.8, 4) is 0 Å². The van der Waals surface area contributed by atoms with Crippen molar-refractivity contribution in [3.63, 3.8) is 0 Å². The molecule has 34 heavy (non-hydrogen) atoms. The van der Waals surface area contributed by atoms with Crippen LogP contribution in [0.4, 0.5) is 18.9 Å². The molecule has 0 aliphatic heterocycles. The van der Waals surface area contributed by atoms with Crippen LogP contribution in [0.25, 0.3) is 0 Å². The van der Waals surface area contributed by atoms with Crippen LogP contribution in [0, 0.1) is 0 Å². The van der Waals surface area contributed by atoms with Crippen molar-refractivity contribution in [2.45, 2.75) is 24.9 Å². The number of benzene rings is 1. The molecule has 180 valence electrons. The highest BCUT2D eigenvalue weighted by molar-refractivity contribution is 6.05. The highest BCUT2D eigenvalue weighted by Gasteiger charge is 2.39. The summed E-state index contributed by atoms with van der Waals surface area (Å²) in [5, 5.41) is 13.7. The first-order valence-electron chi connectivity index (χ1n) is 10.2. The second-order valence-electron chi connectivity index (χ2n) is 7.78. The van der Waals surface area contributed by atoms with Crippen LogP contribution in [-0.4, -0.2) is 42.3 Å². The fourth-order valence-electron chi connectivity index (χ4n) is 3.71. The van der Waals surface area contributed by atoms with Gasteiger partial charge in [-0.25, -0.2) is 0 Å². The number of amides is 1. The maximum absolute atomic E-state index is 13.3. The van der Waals surface area contributed by atoms with E-state index in [9.17, 15) is 18.0 Å². The molecule has 2 aromatic rings. The maximum Gasteiger partial charge on any atom is 0.435 e. The van der Waals surface area contributed by atoms with Crippen LogP contribution in [0.15, 0.2) is 64.1 Å². The van der Waals surface area contributed by atoms with E-state index >= 15 is 0 Å². The summed E-state index contributed by atoms with van der Waals surface area (Å²) in [5.74, 6) is -0.902.